The number of aromatic nitrogens is 1. The fourth-order valence-electron chi connectivity index (χ4n) is 1.96. The minimum atomic E-state index is -0.967. The summed E-state index contributed by atoms with van der Waals surface area (Å²) in [6, 6.07) is 12.6. The van der Waals surface area contributed by atoms with E-state index in [9.17, 15) is 9.90 Å². The fourth-order valence-corrected chi connectivity index (χ4v) is 1.96. The topological polar surface area (TPSA) is 74.0 Å². The van der Waals surface area contributed by atoms with E-state index in [0.717, 1.165) is 11.1 Å². The number of nitriles is 1. The number of benzene rings is 1. The van der Waals surface area contributed by atoms with Crippen LogP contribution >= 0.6 is 0 Å². The summed E-state index contributed by atoms with van der Waals surface area (Å²) in [5.41, 5.74) is 3.03. The lowest BCUT2D eigenvalue weighted by atomic mass is 10.0. The molecule has 0 amide bonds. The maximum absolute atomic E-state index is 11.3. The zero-order valence-electron chi connectivity index (χ0n) is 12.0. The standard InChI is InChI=1S/C18H14N2O2/c1-2-3-4-17(18(21)22)14-7-5-13(6-8-14)15-9-10-16(11-19)20-12-15/h2-10,12H,1H3,(H,21,22)/b3-2+,17-4+. The molecule has 0 saturated carbocycles. The molecule has 2 aromatic rings. The van der Waals surface area contributed by atoms with Crippen LogP contribution in [0.3, 0.4) is 0 Å². The third-order valence-corrected chi connectivity index (χ3v) is 3.09. The Morgan fingerprint density at radius 2 is 1.86 bits per heavy atom. The van der Waals surface area contributed by atoms with Gasteiger partial charge in [0.05, 0.1) is 5.57 Å². The molecule has 0 aliphatic rings. The van der Waals surface area contributed by atoms with Crippen LogP contribution < -0.4 is 0 Å². The van der Waals surface area contributed by atoms with Crippen LogP contribution in [0.1, 0.15) is 18.2 Å². The van der Waals surface area contributed by atoms with Crippen LogP contribution in [0.15, 0.2) is 60.8 Å². The summed E-state index contributed by atoms with van der Waals surface area (Å²) in [6.07, 6.45) is 6.67. The molecule has 0 aliphatic heterocycles. The van der Waals surface area contributed by atoms with E-state index in [-0.39, 0.29) is 5.57 Å². The molecule has 0 aliphatic carbocycles. The van der Waals surface area contributed by atoms with Crippen molar-refractivity contribution in [3.05, 3.63) is 72.1 Å². The Bertz CT molecular complexity index is 764. The van der Waals surface area contributed by atoms with Crippen molar-refractivity contribution in [1.29, 1.82) is 5.26 Å². The monoisotopic (exact) mass is 290 g/mol. The van der Waals surface area contributed by atoms with Crippen LogP contribution in [0, 0.1) is 11.3 Å². The summed E-state index contributed by atoms with van der Waals surface area (Å²) in [6.45, 7) is 1.83. The van der Waals surface area contributed by atoms with Crippen molar-refractivity contribution in [2.24, 2.45) is 0 Å². The van der Waals surface area contributed by atoms with Gasteiger partial charge in [0, 0.05) is 11.8 Å². The van der Waals surface area contributed by atoms with Gasteiger partial charge in [-0.15, -0.1) is 0 Å². The Morgan fingerprint density at radius 3 is 2.36 bits per heavy atom. The Labute approximate surface area is 128 Å². The highest BCUT2D eigenvalue weighted by Gasteiger charge is 2.09. The molecule has 22 heavy (non-hydrogen) atoms. The molecule has 4 heteroatoms. The zero-order valence-corrected chi connectivity index (χ0v) is 12.0. The molecule has 0 atom stereocenters. The van der Waals surface area contributed by atoms with Gasteiger partial charge in [0.2, 0.25) is 0 Å². The molecule has 1 heterocycles. The Hall–Kier alpha value is -3.19. The smallest absolute Gasteiger partial charge is 0.336 e. The average Bonchev–Trinajstić information content (AvgIpc) is 2.55. The molecular formula is C18H14N2O2. The second-order valence-corrected chi connectivity index (χ2v) is 4.53. The predicted octanol–water partition coefficient (Wildman–Crippen LogP) is 3.66. The summed E-state index contributed by atoms with van der Waals surface area (Å²) in [5, 5.41) is 18.0. The van der Waals surface area contributed by atoms with E-state index in [0.29, 0.717) is 11.3 Å². The Kier molecular flexibility index (Phi) is 4.84. The highest BCUT2D eigenvalue weighted by Crippen LogP contribution is 2.22. The first-order chi connectivity index (χ1) is 10.7. The number of pyridine rings is 1. The highest BCUT2D eigenvalue weighted by molar-refractivity contribution is 6.15. The Balaban J connectivity index is 2.33. The first-order valence-corrected chi connectivity index (χ1v) is 6.69. The molecule has 108 valence electrons. The fraction of sp³-hybridized carbons (Fsp3) is 0.0556. The van der Waals surface area contributed by atoms with Gasteiger partial charge >= 0.3 is 5.97 Å². The van der Waals surface area contributed by atoms with Gasteiger partial charge in [0.15, 0.2) is 0 Å². The summed E-state index contributed by atoms with van der Waals surface area (Å²) in [5.74, 6) is -0.967. The maximum atomic E-state index is 11.3. The Morgan fingerprint density at radius 1 is 1.18 bits per heavy atom. The third-order valence-electron chi connectivity index (χ3n) is 3.09. The molecule has 0 bridgehead atoms. The van der Waals surface area contributed by atoms with E-state index in [2.05, 4.69) is 4.98 Å². The van der Waals surface area contributed by atoms with E-state index in [1.165, 1.54) is 0 Å². The number of aliphatic carboxylic acids is 1. The van der Waals surface area contributed by atoms with Gasteiger partial charge in [-0.05, 0) is 36.3 Å². The second-order valence-electron chi connectivity index (χ2n) is 4.53. The van der Waals surface area contributed by atoms with E-state index < -0.39 is 5.97 Å². The van der Waals surface area contributed by atoms with Crippen LogP contribution in [-0.4, -0.2) is 16.1 Å². The molecular weight excluding hydrogens is 276 g/mol. The SMILES string of the molecule is C/C=C/C=C(/C(=O)O)c1ccc(-c2ccc(C#N)nc2)cc1. The van der Waals surface area contributed by atoms with Crippen LogP contribution in [0.5, 0.6) is 0 Å². The lowest BCUT2D eigenvalue weighted by Gasteiger charge is -2.05. The van der Waals surface area contributed by atoms with Crippen molar-refractivity contribution in [1.82, 2.24) is 4.98 Å². The van der Waals surface area contributed by atoms with Crippen molar-refractivity contribution in [3.63, 3.8) is 0 Å². The number of carboxylic acids is 1. The molecule has 4 nitrogen and oxygen atoms in total. The summed E-state index contributed by atoms with van der Waals surface area (Å²) < 4.78 is 0. The number of hydrogen-bond acceptors (Lipinski definition) is 3. The van der Waals surface area contributed by atoms with Gasteiger partial charge in [0.25, 0.3) is 0 Å². The van der Waals surface area contributed by atoms with Gasteiger partial charge in [0.1, 0.15) is 11.8 Å². The number of carboxylic acid groups (broad SMARTS) is 1. The first kappa shape index (κ1) is 15.2. The summed E-state index contributed by atoms with van der Waals surface area (Å²) in [7, 11) is 0. The van der Waals surface area contributed by atoms with Crippen molar-refractivity contribution in [3.8, 4) is 17.2 Å². The number of rotatable bonds is 4. The number of carbonyl (C=O) groups is 1. The quantitative estimate of drug-likeness (QED) is 0.688. The van der Waals surface area contributed by atoms with Crippen LogP contribution in [0.2, 0.25) is 0 Å². The molecule has 0 fully saturated rings. The minimum Gasteiger partial charge on any atom is -0.478 e. The number of nitrogens with zero attached hydrogens (tertiary/aromatic N) is 2. The number of allylic oxidation sites excluding steroid dienone is 3. The van der Waals surface area contributed by atoms with Gasteiger partial charge in [-0.2, -0.15) is 5.26 Å². The van der Waals surface area contributed by atoms with Crippen LogP contribution in [-0.2, 0) is 4.79 Å². The number of hydrogen-bond donors (Lipinski definition) is 1. The third kappa shape index (κ3) is 3.47. The molecule has 1 aromatic heterocycles. The summed E-state index contributed by atoms with van der Waals surface area (Å²) in [4.78, 5) is 15.3. The minimum absolute atomic E-state index is 0.239. The van der Waals surface area contributed by atoms with Gasteiger partial charge < -0.3 is 5.11 Å². The molecule has 1 aromatic carbocycles. The lowest BCUT2D eigenvalue weighted by Crippen LogP contribution is -1.99. The molecule has 0 spiro atoms. The van der Waals surface area contributed by atoms with Crippen molar-refractivity contribution < 1.29 is 9.90 Å². The highest BCUT2D eigenvalue weighted by atomic mass is 16.4. The van der Waals surface area contributed by atoms with Crippen molar-refractivity contribution in [2.45, 2.75) is 6.92 Å². The molecule has 0 unspecified atom stereocenters. The molecule has 2 rings (SSSR count). The van der Waals surface area contributed by atoms with E-state index >= 15 is 0 Å². The van der Waals surface area contributed by atoms with Gasteiger partial charge in [-0.3, -0.25) is 0 Å². The maximum Gasteiger partial charge on any atom is 0.336 e. The van der Waals surface area contributed by atoms with E-state index in [1.807, 2.05) is 31.2 Å². The normalized spacial score (nSPS) is 11.4. The zero-order chi connectivity index (χ0) is 15.9. The first-order valence-electron chi connectivity index (χ1n) is 6.69. The van der Waals surface area contributed by atoms with Crippen LogP contribution in [0.4, 0.5) is 0 Å². The molecule has 1 N–H and O–H groups in total. The molecule has 0 saturated heterocycles. The van der Waals surface area contributed by atoms with Crippen molar-refractivity contribution in [2.75, 3.05) is 0 Å². The largest absolute Gasteiger partial charge is 0.478 e. The van der Waals surface area contributed by atoms with Crippen LogP contribution in [0.25, 0.3) is 16.7 Å². The van der Waals surface area contributed by atoms with Gasteiger partial charge in [-0.25, -0.2) is 9.78 Å². The average molecular weight is 290 g/mol. The molecule has 0 radical (unpaired) electrons. The predicted molar refractivity (Wildman–Crippen MR) is 84.8 cm³/mol. The lowest BCUT2D eigenvalue weighted by molar-refractivity contribution is -0.130. The van der Waals surface area contributed by atoms with Crippen molar-refractivity contribution >= 4 is 11.5 Å². The van der Waals surface area contributed by atoms with Gasteiger partial charge in [-0.1, -0.05) is 36.4 Å². The van der Waals surface area contributed by atoms with E-state index in [1.54, 1.807) is 42.6 Å². The summed E-state index contributed by atoms with van der Waals surface area (Å²) >= 11 is 0. The second kappa shape index (κ2) is 7.00. The van der Waals surface area contributed by atoms with E-state index in [4.69, 9.17) is 5.26 Å².